The normalized spacial score (nSPS) is 21.6. The largest absolute Gasteiger partial charge is 0.353 e. The zero-order chi connectivity index (χ0) is 14.2. The second-order valence-electron chi connectivity index (χ2n) is 7.56. The van der Waals surface area contributed by atoms with Crippen molar-refractivity contribution in [3.05, 3.63) is 11.9 Å². The molecule has 112 valence electrons. The molecule has 0 radical (unpaired) electrons. The van der Waals surface area contributed by atoms with Crippen LogP contribution in [0.3, 0.4) is 0 Å². The van der Waals surface area contributed by atoms with Crippen LogP contribution in [0.2, 0.25) is 0 Å². The van der Waals surface area contributed by atoms with E-state index in [0.29, 0.717) is 11.5 Å². The quantitative estimate of drug-likeness (QED) is 0.835. The van der Waals surface area contributed by atoms with Gasteiger partial charge in [0.15, 0.2) is 0 Å². The molecule has 2 aliphatic rings. The van der Waals surface area contributed by atoms with Crippen molar-refractivity contribution < 1.29 is 0 Å². The summed E-state index contributed by atoms with van der Waals surface area (Å²) >= 11 is 0. The first kappa shape index (κ1) is 14.0. The van der Waals surface area contributed by atoms with Gasteiger partial charge in [0.1, 0.15) is 0 Å². The van der Waals surface area contributed by atoms with Gasteiger partial charge in [0, 0.05) is 18.8 Å². The highest BCUT2D eigenvalue weighted by molar-refractivity contribution is 5.32. The minimum Gasteiger partial charge on any atom is -0.353 e. The van der Waals surface area contributed by atoms with E-state index in [-0.39, 0.29) is 0 Å². The first-order valence-corrected chi connectivity index (χ1v) is 8.37. The fourth-order valence-corrected chi connectivity index (χ4v) is 3.97. The summed E-state index contributed by atoms with van der Waals surface area (Å²) in [6.07, 6.45) is 11.8. The van der Waals surface area contributed by atoms with Crippen LogP contribution in [0.15, 0.2) is 6.20 Å². The Hall–Kier alpha value is -0.990. The maximum Gasteiger partial charge on any atom is 0.203 e. The first-order valence-electron chi connectivity index (χ1n) is 8.37. The monoisotopic (exact) mass is 275 g/mol. The maximum absolute atomic E-state index is 4.69. The second kappa shape index (κ2) is 5.42. The fraction of sp³-hybridized carbons (Fsp3) is 0.824. The Bertz CT molecular complexity index is 451. The molecule has 3 heteroatoms. The van der Waals surface area contributed by atoms with Crippen molar-refractivity contribution in [3.63, 3.8) is 0 Å². The van der Waals surface area contributed by atoms with Crippen molar-refractivity contribution in [1.82, 2.24) is 9.55 Å². The number of imidazole rings is 1. The molecule has 3 nitrogen and oxygen atoms in total. The average Bonchev–Trinajstić information content (AvgIpc) is 2.95. The summed E-state index contributed by atoms with van der Waals surface area (Å²) in [6, 6.07) is 0.681. The molecular weight excluding hydrogens is 246 g/mol. The van der Waals surface area contributed by atoms with Crippen LogP contribution < -0.4 is 5.32 Å². The summed E-state index contributed by atoms with van der Waals surface area (Å²) in [7, 11) is 0. The lowest BCUT2D eigenvalue weighted by atomic mass is 9.78. The van der Waals surface area contributed by atoms with Gasteiger partial charge >= 0.3 is 0 Å². The van der Waals surface area contributed by atoms with E-state index >= 15 is 0 Å². The molecular formula is C17H29N3. The molecule has 2 fully saturated rings. The molecule has 1 heterocycles. The first-order chi connectivity index (χ1) is 9.56. The molecule has 2 aliphatic carbocycles. The lowest BCUT2D eigenvalue weighted by molar-refractivity contribution is 0.198. The highest BCUT2D eigenvalue weighted by atomic mass is 15.2. The maximum atomic E-state index is 4.69. The van der Waals surface area contributed by atoms with Gasteiger partial charge in [-0.1, -0.05) is 26.7 Å². The molecule has 20 heavy (non-hydrogen) atoms. The minimum absolute atomic E-state index is 0.515. The summed E-state index contributed by atoms with van der Waals surface area (Å²) in [6.45, 7) is 7.99. The molecule has 1 aromatic heterocycles. The van der Waals surface area contributed by atoms with Gasteiger partial charge < -0.3 is 9.88 Å². The number of nitrogens with one attached hydrogen (secondary N) is 1. The van der Waals surface area contributed by atoms with Gasteiger partial charge in [-0.3, -0.25) is 0 Å². The lowest BCUT2D eigenvalue weighted by Crippen LogP contribution is -2.26. The van der Waals surface area contributed by atoms with E-state index < -0.39 is 0 Å². The molecule has 0 spiro atoms. The van der Waals surface area contributed by atoms with E-state index in [9.17, 15) is 0 Å². The highest BCUT2D eigenvalue weighted by Gasteiger charge is 2.35. The molecule has 0 atom stereocenters. The van der Waals surface area contributed by atoms with Crippen LogP contribution in [-0.2, 0) is 6.54 Å². The summed E-state index contributed by atoms with van der Waals surface area (Å²) in [5.74, 6) is 1.90. The third-order valence-corrected chi connectivity index (χ3v) is 4.82. The van der Waals surface area contributed by atoms with Gasteiger partial charge in [0.25, 0.3) is 0 Å². The molecule has 0 aromatic carbocycles. The number of nitrogens with zero attached hydrogens (tertiary/aromatic N) is 2. The van der Waals surface area contributed by atoms with Crippen LogP contribution >= 0.6 is 0 Å². The van der Waals surface area contributed by atoms with Crippen molar-refractivity contribution in [2.24, 2.45) is 11.3 Å². The van der Waals surface area contributed by atoms with E-state index in [0.717, 1.165) is 24.1 Å². The molecule has 0 amide bonds. The van der Waals surface area contributed by atoms with Crippen molar-refractivity contribution in [2.75, 3.05) is 5.32 Å². The van der Waals surface area contributed by atoms with Crippen molar-refractivity contribution in [2.45, 2.75) is 78.3 Å². The number of aromatic nitrogens is 2. The van der Waals surface area contributed by atoms with Gasteiger partial charge in [-0.05, 0) is 50.4 Å². The van der Waals surface area contributed by atoms with Crippen LogP contribution in [0.25, 0.3) is 0 Å². The minimum atomic E-state index is 0.515. The molecule has 1 N–H and O–H groups in total. The van der Waals surface area contributed by atoms with Crippen molar-refractivity contribution in [1.29, 1.82) is 0 Å². The van der Waals surface area contributed by atoms with Crippen molar-refractivity contribution in [3.8, 4) is 0 Å². The van der Waals surface area contributed by atoms with E-state index in [1.807, 2.05) is 0 Å². The number of aryl methyl sites for hydroxylation is 1. The predicted octanol–water partition coefficient (Wildman–Crippen LogP) is 4.37. The topological polar surface area (TPSA) is 29.9 Å². The van der Waals surface area contributed by atoms with Gasteiger partial charge in [-0.15, -0.1) is 0 Å². The number of hydrogen-bond acceptors (Lipinski definition) is 2. The Morgan fingerprint density at radius 2 is 2.05 bits per heavy atom. The average molecular weight is 275 g/mol. The third kappa shape index (κ3) is 3.18. The zero-order valence-corrected chi connectivity index (χ0v) is 13.3. The Morgan fingerprint density at radius 1 is 1.35 bits per heavy atom. The summed E-state index contributed by atoms with van der Waals surface area (Å²) in [5.41, 5.74) is 1.66. The lowest BCUT2D eigenvalue weighted by Gasteiger charge is -2.32. The highest BCUT2D eigenvalue weighted by Crippen LogP contribution is 2.45. The van der Waals surface area contributed by atoms with Crippen LogP contribution in [0.5, 0.6) is 0 Å². The van der Waals surface area contributed by atoms with E-state index in [4.69, 9.17) is 4.98 Å². The Labute approximate surface area is 123 Å². The third-order valence-electron chi connectivity index (χ3n) is 4.82. The van der Waals surface area contributed by atoms with Gasteiger partial charge in [0.2, 0.25) is 5.95 Å². The summed E-state index contributed by atoms with van der Waals surface area (Å²) in [4.78, 5) is 4.69. The Morgan fingerprint density at radius 3 is 2.65 bits per heavy atom. The van der Waals surface area contributed by atoms with Gasteiger partial charge in [0.05, 0.1) is 5.69 Å². The standard InChI is InChI=1S/C17H29N3/c1-13(2)10-17(8-4-5-9-17)12-20-11-14(3)18-16(20)19-15-6-7-15/h11,13,15H,4-10,12H2,1-3H3,(H,18,19). The van der Waals surface area contributed by atoms with E-state index in [1.54, 1.807) is 0 Å². The smallest absolute Gasteiger partial charge is 0.203 e. The Balaban J connectivity index is 1.77. The van der Waals surface area contributed by atoms with Gasteiger partial charge in [-0.2, -0.15) is 0 Å². The number of rotatable bonds is 6. The fourth-order valence-electron chi connectivity index (χ4n) is 3.97. The van der Waals surface area contributed by atoms with Crippen LogP contribution in [0.1, 0.15) is 64.5 Å². The van der Waals surface area contributed by atoms with Crippen molar-refractivity contribution >= 4 is 5.95 Å². The molecule has 0 saturated heterocycles. The van der Waals surface area contributed by atoms with Crippen LogP contribution in [0, 0.1) is 18.3 Å². The SMILES string of the molecule is Cc1cn(CC2(CC(C)C)CCCC2)c(NC2CC2)n1. The number of anilines is 1. The predicted molar refractivity (Wildman–Crippen MR) is 84.0 cm³/mol. The van der Waals surface area contributed by atoms with Crippen LogP contribution in [-0.4, -0.2) is 15.6 Å². The molecule has 2 saturated carbocycles. The Kier molecular flexibility index (Phi) is 3.78. The summed E-state index contributed by atoms with van der Waals surface area (Å²) < 4.78 is 2.40. The van der Waals surface area contributed by atoms with Crippen LogP contribution in [0.4, 0.5) is 5.95 Å². The van der Waals surface area contributed by atoms with Gasteiger partial charge in [-0.25, -0.2) is 4.98 Å². The molecule has 0 bridgehead atoms. The second-order valence-corrected chi connectivity index (χ2v) is 7.56. The molecule has 3 rings (SSSR count). The summed E-state index contributed by atoms with van der Waals surface area (Å²) in [5, 5.41) is 3.60. The molecule has 1 aromatic rings. The van der Waals surface area contributed by atoms with E-state index in [1.165, 1.54) is 44.9 Å². The molecule has 0 aliphatic heterocycles. The zero-order valence-electron chi connectivity index (χ0n) is 13.3. The van der Waals surface area contributed by atoms with E-state index in [2.05, 4.69) is 36.9 Å². The number of hydrogen-bond donors (Lipinski definition) is 1. The molecule has 0 unspecified atom stereocenters.